The lowest BCUT2D eigenvalue weighted by molar-refractivity contribution is -0.132. The van der Waals surface area contributed by atoms with Crippen LogP contribution in [0.4, 0.5) is 0 Å². The number of aryl methyl sites for hydroxylation is 1. The van der Waals surface area contributed by atoms with Gasteiger partial charge >= 0.3 is 0 Å². The molecule has 0 aliphatic heterocycles. The summed E-state index contributed by atoms with van der Waals surface area (Å²) >= 11 is 5.99. The standard InChI is InChI=1S/C17H19ClN6O2/c1-2-6-23(16(25)5-7-24-11-19-10-20-24)9-15-21-14-8-12(18)3-4-13(14)17(26)22-15/h3-4,8,10-11H,2,5-7,9H2,1H3,(H,21,22,26). The normalized spacial score (nSPS) is 11.0. The highest BCUT2D eigenvalue weighted by atomic mass is 35.5. The molecule has 1 amide bonds. The number of carbonyl (C=O) groups excluding carboxylic acids is 1. The van der Waals surface area contributed by atoms with Gasteiger partial charge in [0.1, 0.15) is 18.5 Å². The lowest BCUT2D eigenvalue weighted by Crippen LogP contribution is -2.33. The van der Waals surface area contributed by atoms with Crippen molar-refractivity contribution in [3.05, 3.63) is 52.1 Å². The second-order valence-corrected chi connectivity index (χ2v) is 6.33. The molecule has 0 unspecified atom stereocenters. The van der Waals surface area contributed by atoms with Gasteiger partial charge in [-0.3, -0.25) is 14.3 Å². The zero-order valence-electron chi connectivity index (χ0n) is 14.4. The number of aromatic amines is 1. The third kappa shape index (κ3) is 4.26. The molecule has 0 bridgehead atoms. The Morgan fingerprint density at radius 1 is 1.38 bits per heavy atom. The van der Waals surface area contributed by atoms with Crippen molar-refractivity contribution >= 4 is 28.4 Å². The van der Waals surface area contributed by atoms with Gasteiger partial charge < -0.3 is 9.88 Å². The van der Waals surface area contributed by atoms with Crippen LogP contribution in [-0.2, 0) is 17.9 Å². The van der Waals surface area contributed by atoms with Crippen LogP contribution in [0.15, 0.2) is 35.6 Å². The summed E-state index contributed by atoms with van der Waals surface area (Å²) in [6.07, 6.45) is 4.11. The van der Waals surface area contributed by atoms with E-state index < -0.39 is 0 Å². The van der Waals surface area contributed by atoms with Crippen LogP contribution in [0, 0.1) is 0 Å². The first kappa shape index (κ1) is 18.1. The fraction of sp³-hybridized carbons (Fsp3) is 0.353. The molecule has 0 saturated heterocycles. The summed E-state index contributed by atoms with van der Waals surface area (Å²) in [6, 6.07) is 4.93. The Labute approximate surface area is 154 Å². The van der Waals surface area contributed by atoms with Crippen molar-refractivity contribution in [3.8, 4) is 0 Å². The SMILES string of the molecule is CCCN(Cc1nc2cc(Cl)ccc2c(=O)[nH]1)C(=O)CCn1cncn1. The van der Waals surface area contributed by atoms with E-state index in [1.54, 1.807) is 34.1 Å². The summed E-state index contributed by atoms with van der Waals surface area (Å²) in [6.45, 7) is 3.26. The van der Waals surface area contributed by atoms with E-state index in [1.165, 1.54) is 6.33 Å². The van der Waals surface area contributed by atoms with Crippen molar-refractivity contribution in [2.45, 2.75) is 32.9 Å². The molecule has 1 aromatic carbocycles. The number of amides is 1. The van der Waals surface area contributed by atoms with Gasteiger partial charge in [-0.2, -0.15) is 5.10 Å². The minimum absolute atomic E-state index is 0.0313. The van der Waals surface area contributed by atoms with Crippen LogP contribution in [0.5, 0.6) is 0 Å². The molecular weight excluding hydrogens is 356 g/mol. The number of rotatable bonds is 7. The third-order valence-electron chi connectivity index (χ3n) is 3.93. The van der Waals surface area contributed by atoms with Crippen LogP contribution in [-0.4, -0.2) is 42.1 Å². The summed E-state index contributed by atoms with van der Waals surface area (Å²) in [5.41, 5.74) is 0.274. The van der Waals surface area contributed by atoms with Crippen LogP contribution in [0.1, 0.15) is 25.6 Å². The molecule has 2 aromatic heterocycles. The molecule has 0 radical (unpaired) electrons. The van der Waals surface area contributed by atoms with E-state index in [4.69, 9.17) is 11.6 Å². The van der Waals surface area contributed by atoms with Gasteiger partial charge in [0.2, 0.25) is 5.91 Å². The van der Waals surface area contributed by atoms with Crippen molar-refractivity contribution in [3.63, 3.8) is 0 Å². The van der Waals surface area contributed by atoms with Crippen LogP contribution < -0.4 is 5.56 Å². The van der Waals surface area contributed by atoms with Gasteiger partial charge in [0.25, 0.3) is 5.56 Å². The molecule has 0 aliphatic rings. The molecule has 0 atom stereocenters. The molecule has 3 aromatic rings. The molecule has 3 rings (SSSR count). The maximum Gasteiger partial charge on any atom is 0.258 e. The summed E-state index contributed by atoms with van der Waals surface area (Å²) in [5.74, 6) is 0.406. The number of nitrogens with one attached hydrogen (secondary N) is 1. The van der Waals surface area contributed by atoms with Gasteiger partial charge in [0.15, 0.2) is 0 Å². The van der Waals surface area contributed by atoms with Crippen molar-refractivity contribution < 1.29 is 4.79 Å². The minimum Gasteiger partial charge on any atom is -0.335 e. The number of benzene rings is 1. The van der Waals surface area contributed by atoms with Crippen molar-refractivity contribution in [1.29, 1.82) is 0 Å². The van der Waals surface area contributed by atoms with Gasteiger partial charge in [-0.05, 0) is 24.6 Å². The molecule has 26 heavy (non-hydrogen) atoms. The topological polar surface area (TPSA) is 96.8 Å². The van der Waals surface area contributed by atoms with E-state index in [0.717, 1.165) is 6.42 Å². The Bertz CT molecular complexity index is 954. The van der Waals surface area contributed by atoms with E-state index in [0.29, 0.717) is 41.3 Å². The number of nitrogens with zero attached hydrogens (tertiary/aromatic N) is 5. The van der Waals surface area contributed by atoms with Crippen LogP contribution in [0.2, 0.25) is 5.02 Å². The molecule has 0 saturated carbocycles. The van der Waals surface area contributed by atoms with Gasteiger partial charge in [-0.15, -0.1) is 0 Å². The Morgan fingerprint density at radius 3 is 2.96 bits per heavy atom. The number of fused-ring (bicyclic) bond motifs is 1. The maximum atomic E-state index is 12.6. The molecule has 0 fully saturated rings. The summed E-state index contributed by atoms with van der Waals surface area (Å²) in [4.78, 5) is 37.5. The third-order valence-corrected chi connectivity index (χ3v) is 4.16. The molecule has 0 aliphatic carbocycles. The zero-order chi connectivity index (χ0) is 18.5. The molecule has 1 N–H and O–H groups in total. The molecule has 8 nitrogen and oxygen atoms in total. The van der Waals surface area contributed by atoms with Crippen LogP contribution in [0.25, 0.3) is 10.9 Å². The second-order valence-electron chi connectivity index (χ2n) is 5.90. The number of H-pyrrole nitrogens is 1. The largest absolute Gasteiger partial charge is 0.335 e. The van der Waals surface area contributed by atoms with Gasteiger partial charge in [0, 0.05) is 18.0 Å². The highest BCUT2D eigenvalue weighted by Crippen LogP contribution is 2.15. The van der Waals surface area contributed by atoms with E-state index in [-0.39, 0.29) is 18.0 Å². The zero-order valence-corrected chi connectivity index (χ0v) is 15.1. The molecular formula is C17H19ClN6O2. The molecule has 2 heterocycles. The fourth-order valence-corrected chi connectivity index (χ4v) is 2.86. The quantitative estimate of drug-likeness (QED) is 0.682. The highest BCUT2D eigenvalue weighted by Gasteiger charge is 2.15. The highest BCUT2D eigenvalue weighted by molar-refractivity contribution is 6.31. The smallest absolute Gasteiger partial charge is 0.258 e. The Hall–Kier alpha value is -2.74. The molecule has 9 heteroatoms. The minimum atomic E-state index is -0.242. The number of carbonyl (C=O) groups is 1. The van der Waals surface area contributed by atoms with Crippen molar-refractivity contribution in [1.82, 2.24) is 29.6 Å². The van der Waals surface area contributed by atoms with Crippen molar-refractivity contribution in [2.24, 2.45) is 0 Å². The second kappa shape index (κ2) is 8.09. The average molecular weight is 375 g/mol. The predicted molar refractivity (Wildman–Crippen MR) is 97.7 cm³/mol. The molecule has 0 spiro atoms. The summed E-state index contributed by atoms with van der Waals surface area (Å²) in [7, 11) is 0. The lowest BCUT2D eigenvalue weighted by Gasteiger charge is -2.21. The van der Waals surface area contributed by atoms with E-state index in [1.807, 2.05) is 6.92 Å². The monoisotopic (exact) mass is 374 g/mol. The number of hydrogen-bond donors (Lipinski definition) is 1. The Kier molecular flexibility index (Phi) is 5.62. The lowest BCUT2D eigenvalue weighted by atomic mass is 10.2. The fourth-order valence-electron chi connectivity index (χ4n) is 2.70. The van der Waals surface area contributed by atoms with Gasteiger partial charge in [0.05, 0.1) is 24.0 Å². The first-order chi connectivity index (χ1) is 12.6. The first-order valence-corrected chi connectivity index (χ1v) is 8.73. The number of aromatic nitrogens is 5. The summed E-state index contributed by atoms with van der Waals surface area (Å²) < 4.78 is 1.61. The predicted octanol–water partition coefficient (Wildman–Crippen LogP) is 2.00. The maximum absolute atomic E-state index is 12.6. The first-order valence-electron chi connectivity index (χ1n) is 8.35. The summed E-state index contributed by atoms with van der Waals surface area (Å²) in [5, 5.41) is 4.97. The van der Waals surface area contributed by atoms with Crippen LogP contribution >= 0.6 is 11.6 Å². The Morgan fingerprint density at radius 2 is 2.23 bits per heavy atom. The molecule has 136 valence electrons. The van der Waals surface area contributed by atoms with Gasteiger partial charge in [-0.25, -0.2) is 9.97 Å². The average Bonchev–Trinajstić information content (AvgIpc) is 3.12. The number of halogens is 1. The van der Waals surface area contributed by atoms with E-state index in [2.05, 4.69) is 20.1 Å². The Balaban J connectivity index is 1.77. The van der Waals surface area contributed by atoms with Gasteiger partial charge in [-0.1, -0.05) is 18.5 Å². The van der Waals surface area contributed by atoms with Crippen molar-refractivity contribution in [2.75, 3.05) is 6.54 Å². The van der Waals surface area contributed by atoms with E-state index >= 15 is 0 Å². The van der Waals surface area contributed by atoms with Crippen LogP contribution in [0.3, 0.4) is 0 Å². The number of hydrogen-bond acceptors (Lipinski definition) is 5. The van der Waals surface area contributed by atoms with E-state index in [9.17, 15) is 9.59 Å².